The topological polar surface area (TPSA) is 98.8 Å². The van der Waals surface area contributed by atoms with Crippen LogP contribution in [0, 0.1) is 6.92 Å². The van der Waals surface area contributed by atoms with Gasteiger partial charge in [-0.3, -0.25) is 19.2 Å². The predicted molar refractivity (Wildman–Crippen MR) is 99.4 cm³/mol. The van der Waals surface area contributed by atoms with Gasteiger partial charge in [0.2, 0.25) is 11.8 Å². The minimum atomic E-state index is -0.691. The third kappa shape index (κ3) is 5.04. The maximum atomic E-state index is 12.0. The second kappa shape index (κ2) is 8.79. The average Bonchev–Trinajstić information content (AvgIpc) is 2.60. The number of carbonyl (C=O) groups excluding carboxylic acids is 4. The Kier molecular flexibility index (Phi) is 6.73. The van der Waals surface area contributed by atoms with Crippen molar-refractivity contribution in [3.05, 3.63) is 28.2 Å². The van der Waals surface area contributed by atoms with E-state index in [2.05, 4.69) is 26.6 Å². The highest BCUT2D eigenvalue weighted by molar-refractivity contribution is 9.10. The van der Waals surface area contributed by atoms with Crippen molar-refractivity contribution in [3.63, 3.8) is 0 Å². The van der Waals surface area contributed by atoms with E-state index in [1.807, 2.05) is 13.0 Å². The summed E-state index contributed by atoms with van der Waals surface area (Å²) in [6.07, 6.45) is 0. The summed E-state index contributed by atoms with van der Waals surface area (Å²) in [5.74, 6) is -2.15. The van der Waals surface area contributed by atoms with E-state index in [4.69, 9.17) is 0 Å². The van der Waals surface area contributed by atoms with E-state index < -0.39 is 17.7 Å². The van der Waals surface area contributed by atoms with Crippen molar-refractivity contribution in [2.24, 2.45) is 0 Å². The Morgan fingerprint density at radius 3 is 2.42 bits per heavy atom. The summed E-state index contributed by atoms with van der Waals surface area (Å²) in [4.78, 5) is 50.3. The molecule has 1 fully saturated rings. The van der Waals surface area contributed by atoms with Crippen molar-refractivity contribution in [2.75, 3.05) is 38.0 Å². The van der Waals surface area contributed by atoms with Gasteiger partial charge in [0, 0.05) is 29.8 Å². The van der Waals surface area contributed by atoms with Gasteiger partial charge in [-0.05, 0) is 37.6 Å². The van der Waals surface area contributed by atoms with Gasteiger partial charge >= 0.3 is 11.8 Å². The molecule has 1 saturated heterocycles. The molecule has 1 aliphatic rings. The predicted octanol–water partition coefficient (Wildman–Crippen LogP) is 0.503. The normalized spacial score (nSPS) is 14.4. The molecule has 1 aromatic carbocycles. The number of likely N-dealkylation sites (N-methyl/N-ethyl adjacent to an activating group) is 1. The molecule has 0 radical (unpaired) electrons. The number of nitrogens with one attached hydrogen (secondary N) is 2. The molecule has 4 amide bonds. The molecule has 0 aromatic heterocycles. The van der Waals surface area contributed by atoms with Gasteiger partial charge < -0.3 is 20.4 Å². The molecule has 0 atom stereocenters. The molecule has 0 unspecified atom stereocenters. The van der Waals surface area contributed by atoms with Gasteiger partial charge in [-0.1, -0.05) is 15.9 Å². The quantitative estimate of drug-likeness (QED) is 0.649. The van der Waals surface area contributed by atoms with Gasteiger partial charge in [-0.15, -0.1) is 0 Å². The lowest BCUT2D eigenvalue weighted by Gasteiger charge is -2.32. The third-order valence-corrected chi connectivity index (χ3v) is 4.52. The standard InChI is InChI=1S/C17H21BrN4O4/c1-3-21-6-7-22(17(26)16(21)25)10-15(24)19-9-14(23)20-13-5-4-12(18)8-11(13)2/h4-5,8H,3,6-7,9-10H2,1-2H3,(H,19,24)(H,20,23). The molecule has 1 aromatic rings. The van der Waals surface area contributed by atoms with Crippen LogP contribution in [0.25, 0.3) is 0 Å². The van der Waals surface area contributed by atoms with E-state index in [9.17, 15) is 19.2 Å². The number of carbonyl (C=O) groups is 4. The van der Waals surface area contributed by atoms with E-state index in [1.54, 1.807) is 19.1 Å². The van der Waals surface area contributed by atoms with E-state index in [1.165, 1.54) is 9.80 Å². The summed E-state index contributed by atoms with van der Waals surface area (Å²) in [5, 5.41) is 5.17. The van der Waals surface area contributed by atoms with Crippen molar-refractivity contribution >= 4 is 45.2 Å². The van der Waals surface area contributed by atoms with Crippen LogP contribution in [0.4, 0.5) is 5.69 Å². The molecule has 2 rings (SSSR count). The first-order chi connectivity index (χ1) is 12.3. The van der Waals surface area contributed by atoms with Crippen LogP contribution in [0.5, 0.6) is 0 Å². The molecular weight excluding hydrogens is 404 g/mol. The Labute approximate surface area is 160 Å². The summed E-state index contributed by atoms with van der Waals surface area (Å²) < 4.78 is 0.906. The second-order valence-electron chi connectivity index (χ2n) is 5.90. The molecule has 9 heteroatoms. The van der Waals surface area contributed by atoms with Crippen LogP contribution in [-0.2, 0) is 19.2 Å². The van der Waals surface area contributed by atoms with Crippen molar-refractivity contribution < 1.29 is 19.2 Å². The van der Waals surface area contributed by atoms with Gasteiger partial charge in [0.25, 0.3) is 0 Å². The lowest BCUT2D eigenvalue weighted by atomic mass is 10.2. The van der Waals surface area contributed by atoms with E-state index >= 15 is 0 Å². The number of hydrogen-bond acceptors (Lipinski definition) is 4. The summed E-state index contributed by atoms with van der Waals surface area (Å²) in [7, 11) is 0. The van der Waals surface area contributed by atoms with Crippen molar-refractivity contribution in [1.29, 1.82) is 0 Å². The van der Waals surface area contributed by atoms with E-state index in [-0.39, 0.29) is 19.0 Å². The maximum Gasteiger partial charge on any atom is 0.312 e. The summed E-state index contributed by atoms with van der Waals surface area (Å²) in [5.41, 5.74) is 1.54. The number of rotatable bonds is 6. The lowest BCUT2D eigenvalue weighted by Crippen LogP contribution is -2.56. The minimum Gasteiger partial charge on any atom is -0.345 e. The van der Waals surface area contributed by atoms with Gasteiger partial charge in [-0.2, -0.15) is 0 Å². The Hall–Kier alpha value is -2.42. The summed E-state index contributed by atoms with van der Waals surface area (Å²) in [6.45, 7) is 4.35. The van der Waals surface area contributed by atoms with Crippen molar-refractivity contribution in [1.82, 2.24) is 15.1 Å². The number of hydrogen-bond donors (Lipinski definition) is 2. The first kappa shape index (κ1) is 19.9. The van der Waals surface area contributed by atoms with Gasteiger partial charge in [0.15, 0.2) is 0 Å². The lowest BCUT2D eigenvalue weighted by molar-refractivity contribution is -0.156. The van der Waals surface area contributed by atoms with E-state index in [0.717, 1.165) is 10.0 Å². The van der Waals surface area contributed by atoms with E-state index in [0.29, 0.717) is 25.3 Å². The fourth-order valence-corrected chi connectivity index (χ4v) is 3.01. The Balaban J connectivity index is 1.80. The smallest absolute Gasteiger partial charge is 0.312 e. The highest BCUT2D eigenvalue weighted by Gasteiger charge is 2.32. The van der Waals surface area contributed by atoms with Crippen LogP contribution in [0.3, 0.4) is 0 Å². The summed E-state index contributed by atoms with van der Waals surface area (Å²) >= 11 is 3.35. The van der Waals surface area contributed by atoms with Crippen LogP contribution < -0.4 is 10.6 Å². The maximum absolute atomic E-state index is 12.0. The van der Waals surface area contributed by atoms with Crippen molar-refractivity contribution in [2.45, 2.75) is 13.8 Å². The second-order valence-corrected chi connectivity index (χ2v) is 6.81. The highest BCUT2D eigenvalue weighted by Crippen LogP contribution is 2.19. The molecule has 0 aliphatic carbocycles. The number of benzene rings is 1. The zero-order chi connectivity index (χ0) is 19.3. The Morgan fingerprint density at radius 1 is 1.12 bits per heavy atom. The molecule has 8 nitrogen and oxygen atoms in total. The Morgan fingerprint density at radius 2 is 1.77 bits per heavy atom. The van der Waals surface area contributed by atoms with Crippen LogP contribution in [0.2, 0.25) is 0 Å². The van der Waals surface area contributed by atoms with Crippen LogP contribution >= 0.6 is 15.9 Å². The molecule has 0 saturated carbocycles. The number of piperazine rings is 1. The first-order valence-electron chi connectivity index (χ1n) is 8.22. The third-order valence-electron chi connectivity index (χ3n) is 4.02. The first-order valence-corrected chi connectivity index (χ1v) is 9.02. The number of anilines is 1. The SMILES string of the molecule is CCN1CCN(CC(=O)NCC(=O)Nc2ccc(Br)cc2C)C(=O)C1=O. The molecular formula is C17H21BrN4O4. The van der Waals surface area contributed by atoms with Gasteiger partial charge in [0.05, 0.1) is 6.54 Å². The Bertz CT molecular complexity index is 737. The van der Waals surface area contributed by atoms with Crippen molar-refractivity contribution in [3.8, 4) is 0 Å². The van der Waals surface area contributed by atoms with Crippen LogP contribution in [0.1, 0.15) is 12.5 Å². The molecule has 2 N–H and O–H groups in total. The molecule has 0 spiro atoms. The number of nitrogens with zero attached hydrogens (tertiary/aromatic N) is 2. The van der Waals surface area contributed by atoms with Gasteiger partial charge in [0.1, 0.15) is 6.54 Å². The largest absolute Gasteiger partial charge is 0.345 e. The fraction of sp³-hybridized carbons (Fsp3) is 0.412. The monoisotopic (exact) mass is 424 g/mol. The number of halogens is 1. The average molecular weight is 425 g/mol. The molecule has 0 bridgehead atoms. The summed E-state index contributed by atoms with van der Waals surface area (Å²) in [6, 6.07) is 5.43. The highest BCUT2D eigenvalue weighted by atomic mass is 79.9. The van der Waals surface area contributed by atoms with Crippen LogP contribution in [0.15, 0.2) is 22.7 Å². The molecule has 26 heavy (non-hydrogen) atoms. The zero-order valence-corrected chi connectivity index (χ0v) is 16.3. The zero-order valence-electron chi connectivity index (χ0n) is 14.7. The number of aryl methyl sites for hydroxylation is 1. The minimum absolute atomic E-state index is 0.217. The number of amides is 4. The molecule has 140 valence electrons. The fourth-order valence-electron chi connectivity index (χ4n) is 2.54. The molecule has 1 aliphatic heterocycles. The van der Waals surface area contributed by atoms with Crippen LogP contribution in [-0.4, -0.2) is 66.2 Å². The molecule has 1 heterocycles. The van der Waals surface area contributed by atoms with Gasteiger partial charge in [-0.25, -0.2) is 0 Å².